The highest BCUT2D eigenvalue weighted by molar-refractivity contribution is 7.88. The Kier molecular flexibility index (Phi) is 12.5. The lowest BCUT2D eigenvalue weighted by atomic mass is 10.0. The van der Waals surface area contributed by atoms with Crippen LogP contribution >= 0.6 is 22.7 Å². The first kappa shape index (κ1) is 43.9. The van der Waals surface area contributed by atoms with E-state index in [0.717, 1.165) is 99.7 Å². The molecule has 0 bridgehead atoms. The number of thiazole rings is 2. The van der Waals surface area contributed by atoms with Crippen molar-refractivity contribution >= 4 is 62.0 Å². The second-order valence-electron chi connectivity index (χ2n) is 13.6. The minimum absolute atomic E-state index is 0.106. The number of anilines is 2. The van der Waals surface area contributed by atoms with E-state index in [1.165, 1.54) is 19.2 Å². The number of aryl methyl sites for hydroxylation is 4. The average molecular weight is 919 g/mol. The summed E-state index contributed by atoms with van der Waals surface area (Å²) < 4.78 is 125. The van der Waals surface area contributed by atoms with Crippen molar-refractivity contribution in [2.24, 2.45) is 0 Å². The van der Waals surface area contributed by atoms with E-state index in [4.69, 9.17) is 4.74 Å². The Morgan fingerprint density at radius 1 is 0.661 bits per heavy atom. The first-order valence-electron chi connectivity index (χ1n) is 18.3. The number of hydrogen-bond acceptors (Lipinski definition) is 11. The van der Waals surface area contributed by atoms with E-state index in [-0.39, 0.29) is 10.0 Å². The maximum absolute atomic E-state index is 13.9. The molecule has 0 saturated heterocycles. The summed E-state index contributed by atoms with van der Waals surface area (Å²) in [6.07, 6.45) is 3.89. The number of amides is 2. The van der Waals surface area contributed by atoms with E-state index in [9.17, 15) is 53.5 Å². The normalized spacial score (nSPS) is 13.1. The molecular weight excluding hydrogens is 890 g/mol. The molecule has 0 saturated carbocycles. The molecule has 4 aromatic carbocycles. The third kappa shape index (κ3) is 9.19. The van der Waals surface area contributed by atoms with E-state index in [1.807, 2.05) is 6.07 Å². The predicted molar refractivity (Wildman–Crippen MR) is 215 cm³/mol. The molecule has 0 fully saturated rings. The molecule has 6 aromatic rings. The summed E-state index contributed by atoms with van der Waals surface area (Å²) in [5, 5.41) is 4.38. The third-order valence-electron chi connectivity index (χ3n) is 9.50. The Labute approximate surface area is 355 Å². The highest BCUT2D eigenvalue weighted by atomic mass is 32.2. The van der Waals surface area contributed by atoms with E-state index < -0.39 is 73.8 Å². The van der Waals surface area contributed by atoms with Crippen LogP contribution in [0.1, 0.15) is 65.3 Å². The quantitative estimate of drug-likeness (QED) is 0.0690. The second-order valence-corrected chi connectivity index (χ2v) is 17.1. The molecule has 2 amide bonds. The Morgan fingerprint density at radius 3 is 1.56 bits per heavy atom. The van der Waals surface area contributed by atoms with Gasteiger partial charge in [-0.1, -0.05) is 24.3 Å². The molecule has 11 nitrogen and oxygen atoms in total. The lowest BCUT2D eigenvalue weighted by Gasteiger charge is -2.12. The molecule has 2 aliphatic rings. The minimum Gasteiger partial charge on any atom is -0.465 e. The van der Waals surface area contributed by atoms with Gasteiger partial charge >= 0.3 is 21.6 Å². The summed E-state index contributed by atoms with van der Waals surface area (Å²) in [5.74, 6) is -6.21. The first-order valence-corrected chi connectivity index (χ1v) is 21.3. The fourth-order valence-electron chi connectivity index (χ4n) is 6.58. The predicted octanol–water partition coefficient (Wildman–Crippen LogP) is 9.67. The topological polar surface area (TPSA) is 154 Å². The lowest BCUT2D eigenvalue weighted by molar-refractivity contribution is -0.0500. The van der Waals surface area contributed by atoms with Gasteiger partial charge in [0.25, 0.3) is 11.8 Å². The van der Waals surface area contributed by atoms with Crippen molar-refractivity contribution in [3.63, 3.8) is 0 Å². The van der Waals surface area contributed by atoms with Crippen molar-refractivity contribution in [1.82, 2.24) is 9.97 Å². The number of nitrogens with zero attached hydrogens (tertiary/aromatic N) is 2. The van der Waals surface area contributed by atoms with E-state index in [1.54, 1.807) is 12.1 Å². The zero-order valence-electron chi connectivity index (χ0n) is 31.8. The van der Waals surface area contributed by atoms with Gasteiger partial charge in [-0.25, -0.2) is 32.3 Å². The fourth-order valence-corrected chi connectivity index (χ4v) is 9.15. The number of rotatable bonds is 7. The summed E-state index contributed by atoms with van der Waals surface area (Å²) in [4.78, 5) is 46.9. The van der Waals surface area contributed by atoms with Crippen LogP contribution in [0, 0.1) is 23.3 Å². The van der Waals surface area contributed by atoms with Gasteiger partial charge in [-0.2, -0.15) is 21.6 Å². The van der Waals surface area contributed by atoms with Crippen LogP contribution in [0.2, 0.25) is 0 Å². The van der Waals surface area contributed by atoms with Gasteiger partial charge in [0.1, 0.15) is 40.4 Å². The number of fused-ring (bicyclic) bond motifs is 6. The number of alkyl halides is 3. The molecule has 2 N–H and O–H groups in total. The summed E-state index contributed by atoms with van der Waals surface area (Å²) in [7, 11) is -4.55. The zero-order valence-corrected chi connectivity index (χ0v) is 34.2. The van der Waals surface area contributed by atoms with Crippen molar-refractivity contribution in [3.8, 4) is 26.6 Å². The number of ether oxygens (including phenoxy) is 1. The summed E-state index contributed by atoms with van der Waals surface area (Å²) in [5.41, 5.74) is -2.20. The number of carbonyl (C=O) groups is 3. The number of aromatic nitrogens is 2. The number of carbonyl (C=O) groups excluding carboxylic acids is 3. The van der Waals surface area contributed by atoms with E-state index in [0.29, 0.717) is 52.9 Å². The molecule has 0 atom stereocenters. The van der Waals surface area contributed by atoms with Gasteiger partial charge in [-0.3, -0.25) is 9.59 Å². The Morgan fingerprint density at radius 2 is 1.11 bits per heavy atom. The van der Waals surface area contributed by atoms with Crippen LogP contribution in [0.15, 0.2) is 72.8 Å². The van der Waals surface area contributed by atoms with Crippen LogP contribution in [0.4, 0.5) is 42.1 Å². The standard InChI is InChI=1S/C21H16F2N2O3S.C20H13F5N2O4S2/c1-28-21(27)12-9-8-11-4-2-7-16-18(13(11)10-12)29-20(24-16)19(26)25-17-14(22)5-3-6-15(17)23;21-13-4-2-5-14(22)16(13)27-18(28)19-26-15-6-1-3-10-7-8-11(9-12(10)17(15)32-19)31-33(29,30)20(23,24)25/h3,5-6,8-10H,2,4,7H2,1H3,(H,25,26);2,4-5,7-9H,1,3,6H2,(H,27,28). The molecule has 322 valence electrons. The largest absolute Gasteiger partial charge is 0.534 e. The SMILES string of the molecule is COC(=O)c1ccc2c(c1)-c1sc(C(=O)Nc3c(F)cccc3F)nc1CCC2.O=C(Nc1c(F)cccc1F)c1nc2c(s1)-c1cc(OS(=O)(=O)C(F)(F)F)ccc1CCC2. The van der Waals surface area contributed by atoms with Gasteiger partial charge in [0, 0.05) is 5.56 Å². The van der Waals surface area contributed by atoms with E-state index in [2.05, 4.69) is 24.8 Å². The zero-order chi connectivity index (χ0) is 44.5. The summed E-state index contributed by atoms with van der Waals surface area (Å²) >= 11 is 2.01. The lowest BCUT2D eigenvalue weighted by Crippen LogP contribution is -2.28. The van der Waals surface area contributed by atoms with Crippen molar-refractivity contribution in [2.45, 2.75) is 44.0 Å². The number of methoxy groups -OCH3 is 1. The van der Waals surface area contributed by atoms with E-state index >= 15 is 0 Å². The Bertz CT molecular complexity index is 2820. The molecule has 62 heavy (non-hydrogen) atoms. The molecule has 0 unspecified atom stereocenters. The maximum Gasteiger partial charge on any atom is 0.534 e. The van der Waals surface area contributed by atoms with Crippen LogP contribution in [0.5, 0.6) is 5.75 Å². The number of esters is 1. The summed E-state index contributed by atoms with van der Waals surface area (Å²) in [6, 6.07) is 15.5. The van der Waals surface area contributed by atoms with Gasteiger partial charge in [-0.05, 0) is 104 Å². The molecule has 0 spiro atoms. The van der Waals surface area contributed by atoms with Gasteiger partial charge in [0.2, 0.25) is 0 Å². The first-order chi connectivity index (χ1) is 29.4. The van der Waals surface area contributed by atoms with Crippen LogP contribution in [-0.2, 0) is 40.5 Å². The second kappa shape index (κ2) is 17.7. The summed E-state index contributed by atoms with van der Waals surface area (Å²) in [6.45, 7) is 0. The molecule has 2 heterocycles. The van der Waals surface area contributed by atoms with Crippen molar-refractivity contribution in [2.75, 3.05) is 17.7 Å². The number of nitrogens with one attached hydrogen (secondary N) is 2. The molecule has 21 heteroatoms. The maximum atomic E-state index is 13.9. The van der Waals surface area contributed by atoms with Gasteiger partial charge in [0.05, 0.1) is 33.8 Å². The number of benzene rings is 4. The number of halogens is 7. The van der Waals surface area contributed by atoms with Crippen LogP contribution < -0.4 is 14.8 Å². The Hall–Kier alpha value is -6.19. The molecule has 8 rings (SSSR count). The highest BCUT2D eigenvalue weighted by Gasteiger charge is 2.48. The monoisotopic (exact) mass is 918 g/mol. The number of para-hydroxylation sites is 2. The van der Waals surface area contributed by atoms with Crippen molar-refractivity contribution in [3.05, 3.63) is 134 Å². The Balaban J connectivity index is 0.000000188. The highest BCUT2D eigenvalue weighted by Crippen LogP contribution is 2.41. The fraction of sp³-hybridized carbons (Fsp3) is 0.195. The van der Waals surface area contributed by atoms with Crippen molar-refractivity contribution in [1.29, 1.82) is 0 Å². The smallest absolute Gasteiger partial charge is 0.465 e. The molecular formula is C41H29F7N4O7S3. The van der Waals surface area contributed by atoms with Crippen molar-refractivity contribution < 1.29 is 62.5 Å². The van der Waals surface area contributed by atoms with Crippen LogP contribution in [0.3, 0.4) is 0 Å². The molecule has 2 aliphatic carbocycles. The van der Waals surface area contributed by atoms with Crippen LogP contribution in [-0.4, -0.2) is 48.8 Å². The molecule has 0 radical (unpaired) electrons. The minimum atomic E-state index is -5.86. The molecule has 0 aliphatic heterocycles. The average Bonchev–Trinajstić information content (AvgIpc) is 3.76. The van der Waals surface area contributed by atoms with Gasteiger partial charge in [-0.15, -0.1) is 22.7 Å². The third-order valence-corrected chi connectivity index (χ3v) is 12.7. The van der Waals surface area contributed by atoms with Gasteiger partial charge in [0.15, 0.2) is 10.0 Å². The molecule has 2 aromatic heterocycles. The number of hydrogen-bond donors (Lipinski definition) is 2. The van der Waals surface area contributed by atoms with Crippen LogP contribution in [0.25, 0.3) is 20.9 Å². The van der Waals surface area contributed by atoms with Gasteiger partial charge < -0.3 is 19.6 Å².